The molecule has 1 nitrogen and oxygen atoms in total. The van der Waals surface area contributed by atoms with Crippen LogP contribution in [0.2, 0.25) is 0 Å². The molecule has 0 aromatic rings. The second-order valence-corrected chi connectivity index (χ2v) is 1.96. The van der Waals surface area contributed by atoms with Crippen LogP contribution in [0.25, 0.3) is 0 Å². The average Bonchev–Trinajstić information content (AvgIpc) is 1.87. The van der Waals surface area contributed by atoms with E-state index in [1.807, 2.05) is 0 Å². The van der Waals surface area contributed by atoms with Crippen LogP contribution in [0.15, 0.2) is 0 Å². The van der Waals surface area contributed by atoms with Crippen LogP contribution < -0.4 is 0 Å². The van der Waals surface area contributed by atoms with E-state index in [0.717, 1.165) is 6.54 Å². The molecule has 1 aliphatic heterocycles. The lowest BCUT2D eigenvalue weighted by Crippen LogP contribution is -2.11. The molecule has 1 radical (unpaired) electrons. The molecule has 1 fully saturated rings. The fourth-order valence-electron chi connectivity index (χ4n) is 0.785. The standard InChI is InChI=1S/C5H9FN/c1-7-3-2-5(6)4-7/h5H,1-4H2/t5-/m0/s1. The number of halogens is 1. The molecular weight excluding hydrogens is 93.1 g/mol. The second kappa shape index (κ2) is 1.78. The summed E-state index contributed by atoms with van der Waals surface area (Å²) in [5, 5.41) is 0. The van der Waals surface area contributed by atoms with E-state index in [-0.39, 0.29) is 0 Å². The molecule has 0 spiro atoms. The van der Waals surface area contributed by atoms with Crippen molar-refractivity contribution in [1.82, 2.24) is 4.90 Å². The lowest BCUT2D eigenvalue weighted by molar-refractivity contribution is 0.332. The molecule has 0 unspecified atom stereocenters. The Morgan fingerprint density at radius 1 is 1.71 bits per heavy atom. The van der Waals surface area contributed by atoms with Crippen LogP contribution in [0.1, 0.15) is 6.42 Å². The summed E-state index contributed by atoms with van der Waals surface area (Å²) in [7, 11) is 3.58. The molecule has 1 rings (SSSR count). The van der Waals surface area contributed by atoms with Gasteiger partial charge in [-0.3, -0.25) is 4.90 Å². The highest BCUT2D eigenvalue weighted by molar-refractivity contribution is 4.73. The Morgan fingerprint density at radius 2 is 2.43 bits per heavy atom. The zero-order chi connectivity index (χ0) is 5.28. The van der Waals surface area contributed by atoms with Gasteiger partial charge in [-0.05, 0) is 6.42 Å². The van der Waals surface area contributed by atoms with Crippen molar-refractivity contribution in [3.05, 3.63) is 7.05 Å². The molecule has 1 saturated heterocycles. The van der Waals surface area contributed by atoms with Gasteiger partial charge < -0.3 is 0 Å². The van der Waals surface area contributed by atoms with Crippen molar-refractivity contribution in [3.8, 4) is 0 Å². The summed E-state index contributed by atoms with van der Waals surface area (Å²) in [5.41, 5.74) is 0. The Morgan fingerprint density at radius 3 is 2.57 bits per heavy atom. The third-order valence-corrected chi connectivity index (χ3v) is 1.21. The van der Waals surface area contributed by atoms with Gasteiger partial charge in [0.15, 0.2) is 0 Å². The predicted molar refractivity (Wildman–Crippen MR) is 26.4 cm³/mol. The van der Waals surface area contributed by atoms with Gasteiger partial charge in [0.1, 0.15) is 6.17 Å². The van der Waals surface area contributed by atoms with Gasteiger partial charge in [0.25, 0.3) is 0 Å². The summed E-state index contributed by atoms with van der Waals surface area (Å²) < 4.78 is 12.1. The Labute approximate surface area is 43.1 Å². The average molecular weight is 102 g/mol. The molecule has 1 atom stereocenters. The first kappa shape index (κ1) is 5.04. The molecule has 0 saturated carbocycles. The molecule has 0 bridgehead atoms. The SMILES string of the molecule is [CH2]N1CC[C@H](F)C1. The Balaban J connectivity index is 2.26. The van der Waals surface area contributed by atoms with Crippen molar-refractivity contribution >= 4 is 0 Å². The lowest BCUT2D eigenvalue weighted by Gasteiger charge is -2.01. The van der Waals surface area contributed by atoms with Gasteiger partial charge in [-0.1, -0.05) is 0 Å². The molecule has 41 valence electrons. The van der Waals surface area contributed by atoms with Gasteiger partial charge in [-0.25, -0.2) is 4.39 Å². The number of hydrogen-bond acceptors (Lipinski definition) is 1. The van der Waals surface area contributed by atoms with Crippen LogP contribution in [0.5, 0.6) is 0 Å². The summed E-state index contributed by atoms with van der Waals surface area (Å²) in [4.78, 5) is 1.75. The quantitative estimate of drug-likeness (QED) is 0.437. The van der Waals surface area contributed by atoms with Crippen LogP contribution in [0.3, 0.4) is 0 Å². The van der Waals surface area contributed by atoms with Crippen LogP contribution in [0.4, 0.5) is 4.39 Å². The van der Waals surface area contributed by atoms with E-state index in [2.05, 4.69) is 7.05 Å². The number of nitrogens with zero attached hydrogens (tertiary/aromatic N) is 1. The first-order valence-corrected chi connectivity index (χ1v) is 2.48. The largest absolute Gasteiger partial charge is 0.299 e. The van der Waals surface area contributed by atoms with Crippen molar-refractivity contribution in [2.75, 3.05) is 13.1 Å². The van der Waals surface area contributed by atoms with Gasteiger partial charge in [-0.15, -0.1) is 0 Å². The molecule has 0 aromatic carbocycles. The fraction of sp³-hybridized carbons (Fsp3) is 0.800. The lowest BCUT2D eigenvalue weighted by atomic mass is 10.4. The van der Waals surface area contributed by atoms with Gasteiger partial charge in [-0.2, -0.15) is 0 Å². The highest BCUT2D eigenvalue weighted by Crippen LogP contribution is 2.09. The van der Waals surface area contributed by atoms with Gasteiger partial charge in [0.05, 0.1) is 0 Å². The Hall–Kier alpha value is -0.110. The third kappa shape index (κ3) is 1.13. The fourth-order valence-corrected chi connectivity index (χ4v) is 0.785. The van der Waals surface area contributed by atoms with Crippen molar-refractivity contribution < 1.29 is 4.39 Å². The van der Waals surface area contributed by atoms with E-state index in [1.54, 1.807) is 4.90 Å². The van der Waals surface area contributed by atoms with Gasteiger partial charge in [0, 0.05) is 20.1 Å². The monoisotopic (exact) mass is 102 g/mol. The molecule has 2 heteroatoms. The Bertz CT molecular complexity index is 57.1. The van der Waals surface area contributed by atoms with Crippen LogP contribution in [0, 0.1) is 7.05 Å². The highest BCUT2D eigenvalue weighted by atomic mass is 19.1. The maximum Gasteiger partial charge on any atom is 0.114 e. The van der Waals surface area contributed by atoms with Crippen molar-refractivity contribution in [2.45, 2.75) is 12.6 Å². The maximum absolute atomic E-state index is 12.1. The van der Waals surface area contributed by atoms with E-state index in [0.29, 0.717) is 13.0 Å². The van der Waals surface area contributed by atoms with Crippen molar-refractivity contribution in [1.29, 1.82) is 0 Å². The molecule has 0 aromatic heterocycles. The molecule has 0 N–H and O–H groups in total. The van der Waals surface area contributed by atoms with E-state index < -0.39 is 6.17 Å². The minimum atomic E-state index is -0.613. The first-order valence-electron chi connectivity index (χ1n) is 2.48. The van der Waals surface area contributed by atoms with Crippen LogP contribution in [-0.2, 0) is 0 Å². The smallest absolute Gasteiger partial charge is 0.114 e. The minimum absolute atomic E-state index is 0.528. The summed E-state index contributed by atoms with van der Waals surface area (Å²) in [6, 6.07) is 0. The first-order chi connectivity index (χ1) is 3.29. The molecule has 1 heterocycles. The van der Waals surface area contributed by atoms with Gasteiger partial charge in [0.2, 0.25) is 0 Å². The van der Waals surface area contributed by atoms with Crippen molar-refractivity contribution in [3.63, 3.8) is 0 Å². The number of likely N-dealkylation sites (tertiary alicyclic amines) is 1. The van der Waals surface area contributed by atoms with Gasteiger partial charge >= 0.3 is 0 Å². The topological polar surface area (TPSA) is 3.24 Å². The second-order valence-electron chi connectivity index (χ2n) is 1.96. The zero-order valence-electron chi connectivity index (χ0n) is 4.23. The normalized spacial score (nSPS) is 34.3. The number of alkyl halides is 1. The predicted octanol–water partition coefficient (Wildman–Crippen LogP) is 0.822. The van der Waals surface area contributed by atoms with E-state index in [9.17, 15) is 4.39 Å². The molecule has 7 heavy (non-hydrogen) atoms. The minimum Gasteiger partial charge on any atom is -0.299 e. The molecule has 0 amide bonds. The summed E-state index contributed by atoms with van der Waals surface area (Å²) in [6.07, 6.45) is 0.0567. The molecule has 1 aliphatic rings. The number of hydrogen-bond donors (Lipinski definition) is 0. The van der Waals surface area contributed by atoms with E-state index in [4.69, 9.17) is 0 Å². The van der Waals surface area contributed by atoms with E-state index in [1.165, 1.54) is 0 Å². The van der Waals surface area contributed by atoms with E-state index >= 15 is 0 Å². The highest BCUT2D eigenvalue weighted by Gasteiger charge is 2.17. The third-order valence-electron chi connectivity index (χ3n) is 1.21. The van der Waals surface area contributed by atoms with Crippen LogP contribution in [-0.4, -0.2) is 24.2 Å². The molecule has 0 aliphatic carbocycles. The summed E-state index contributed by atoms with van der Waals surface area (Å²) in [5.74, 6) is 0. The Kier molecular flexibility index (Phi) is 1.28. The summed E-state index contributed by atoms with van der Waals surface area (Å²) >= 11 is 0. The summed E-state index contributed by atoms with van der Waals surface area (Å²) in [6.45, 7) is 1.35. The zero-order valence-corrected chi connectivity index (χ0v) is 4.23. The maximum atomic E-state index is 12.1. The molecular formula is C5H9FN. The van der Waals surface area contributed by atoms with Crippen LogP contribution >= 0.6 is 0 Å². The number of rotatable bonds is 0. The van der Waals surface area contributed by atoms with Crippen molar-refractivity contribution in [2.24, 2.45) is 0 Å².